The quantitative estimate of drug-likeness (QED) is 0.671. The van der Waals surface area contributed by atoms with E-state index in [4.69, 9.17) is 4.52 Å². The smallest absolute Gasteiger partial charge is 0.324 e. The second kappa shape index (κ2) is 3.26. The van der Waals surface area contributed by atoms with E-state index in [1.165, 1.54) is 0 Å². The van der Waals surface area contributed by atoms with E-state index in [1.54, 1.807) is 0 Å². The van der Waals surface area contributed by atoms with E-state index in [0.29, 0.717) is 0 Å². The van der Waals surface area contributed by atoms with E-state index < -0.39 is 7.60 Å². The van der Waals surface area contributed by atoms with Gasteiger partial charge in [0.2, 0.25) is 0 Å². The summed E-state index contributed by atoms with van der Waals surface area (Å²) >= 11 is 0. The van der Waals surface area contributed by atoms with Crippen LogP contribution in [0.1, 0.15) is 33.1 Å². The van der Waals surface area contributed by atoms with Gasteiger partial charge >= 0.3 is 7.60 Å². The van der Waals surface area contributed by atoms with Crippen LogP contribution in [0.15, 0.2) is 0 Å². The Hall–Kier alpha value is 0.150. The lowest BCUT2D eigenvalue weighted by Gasteiger charge is -2.15. The summed E-state index contributed by atoms with van der Waals surface area (Å²) in [6, 6.07) is 0. The third-order valence-corrected chi connectivity index (χ3v) is 4.02. The van der Waals surface area contributed by atoms with Crippen LogP contribution in [-0.2, 0) is 9.09 Å². The van der Waals surface area contributed by atoms with Gasteiger partial charge in [-0.25, -0.2) is 0 Å². The zero-order chi connectivity index (χ0) is 8.48. The first-order valence-corrected chi connectivity index (χ1v) is 5.71. The summed E-state index contributed by atoms with van der Waals surface area (Å²) in [5.41, 5.74) is -0.0588. The molecule has 1 N–H and O–H groups in total. The Labute approximate surface area is 67.3 Å². The van der Waals surface area contributed by atoms with Crippen LogP contribution in [0.3, 0.4) is 0 Å². The van der Waals surface area contributed by atoms with Gasteiger partial charge < -0.3 is 9.42 Å². The standard InChI is InChI=1S/C7H15O3P/c1-3-6(2)10-11(8,9)7-4-5-7/h6-7H,3-5H2,1-2H3,(H,8,9). The van der Waals surface area contributed by atoms with Crippen LogP contribution in [0.5, 0.6) is 0 Å². The van der Waals surface area contributed by atoms with Crippen molar-refractivity contribution in [3.8, 4) is 0 Å². The minimum atomic E-state index is -3.23. The molecule has 0 aliphatic heterocycles. The largest absolute Gasteiger partial charge is 0.331 e. The highest BCUT2D eigenvalue weighted by molar-refractivity contribution is 7.54. The second-order valence-corrected chi connectivity index (χ2v) is 5.19. The predicted octanol–water partition coefficient (Wildman–Crippen LogP) is 2.15. The lowest BCUT2D eigenvalue weighted by Crippen LogP contribution is -2.06. The van der Waals surface area contributed by atoms with Crippen molar-refractivity contribution in [2.75, 3.05) is 0 Å². The van der Waals surface area contributed by atoms with Crippen molar-refractivity contribution in [2.24, 2.45) is 0 Å². The van der Waals surface area contributed by atoms with Gasteiger partial charge in [0.05, 0.1) is 11.8 Å². The first-order chi connectivity index (χ1) is 5.06. The molecule has 0 heterocycles. The molecule has 0 radical (unpaired) electrons. The maximum atomic E-state index is 11.3. The molecule has 3 nitrogen and oxygen atoms in total. The third kappa shape index (κ3) is 2.58. The summed E-state index contributed by atoms with van der Waals surface area (Å²) in [4.78, 5) is 9.29. The second-order valence-electron chi connectivity index (χ2n) is 3.12. The molecule has 0 aromatic heterocycles. The van der Waals surface area contributed by atoms with Crippen molar-refractivity contribution in [2.45, 2.75) is 44.9 Å². The lowest BCUT2D eigenvalue weighted by molar-refractivity contribution is 0.184. The van der Waals surface area contributed by atoms with Gasteiger partial charge in [-0.2, -0.15) is 0 Å². The Morgan fingerprint density at radius 2 is 2.27 bits per heavy atom. The maximum Gasteiger partial charge on any atom is 0.331 e. The van der Waals surface area contributed by atoms with E-state index in [-0.39, 0.29) is 11.8 Å². The fraction of sp³-hybridized carbons (Fsp3) is 1.00. The van der Waals surface area contributed by atoms with E-state index in [1.807, 2.05) is 13.8 Å². The summed E-state index contributed by atoms with van der Waals surface area (Å²) < 4.78 is 16.3. The number of hydrogen-bond donors (Lipinski definition) is 1. The van der Waals surface area contributed by atoms with Gasteiger partial charge in [-0.3, -0.25) is 4.57 Å². The molecule has 1 aliphatic rings. The van der Waals surface area contributed by atoms with Crippen LogP contribution >= 0.6 is 7.60 Å². The van der Waals surface area contributed by atoms with Gasteiger partial charge in [0.1, 0.15) is 0 Å². The van der Waals surface area contributed by atoms with Crippen molar-refractivity contribution in [3.05, 3.63) is 0 Å². The van der Waals surface area contributed by atoms with E-state index in [0.717, 1.165) is 19.3 Å². The van der Waals surface area contributed by atoms with Gasteiger partial charge in [0, 0.05) is 0 Å². The van der Waals surface area contributed by atoms with Crippen LogP contribution in [0.2, 0.25) is 0 Å². The number of hydrogen-bond acceptors (Lipinski definition) is 2. The van der Waals surface area contributed by atoms with Crippen molar-refractivity contribution >= 4 is 7.60 Å². The number of rotatable bonds is 4. The molecule has 66 valence electrons. The molecular formula is C7H15O3P. The summed E-state index contributed by atoms with van der Waals surface area (Å²) in [6.45, 7) is 3.77. The van der Waals surface area contributed by atoms with Gasteiger partial charge in [0.15, 0.2) is 0 Å². The summed E-state index contributed by atoms with van der Waals surface area (Å²) in [5.74, 6) is 0. The molecular weight excluding hydrogens is 163 g/mol. The Balaban J connectivity index is 2.39. The average molecular weight is 178 g/mol. The van der Waals surface area contributed by atoms with Crippen LogP contribution < -0.4 is 0 Å². The van der Waals surface area contributed by atoms with Gasteiger partial charge in [-0.05, 0) is 26.2 Å². The summed E-state index contributed by atoms with van der Waals surface area (Å²) in [6.07, 6.45) is 2.40. The van der Waals surface area contributed by atoms with Crippen molar-refractivity contribution < 1.29 is 14.0 Å². The highest BCUT2D eigenvalue weighted by Gasteiger charge is 2.41. The predicted molar refractivity (Wildman–Crippen MR) is 43.7 cm³/mol. The molecule has 2 atom stereocenters. The molecule has 0 aromatic carbocycles. The summed E-state index contributed by atoms with van der Waals surface area (Å²) in [5, 5.41) is 0. The molecule has 1 fully saturated rings. The zero-order valence-electron chi connectivity index (χ0n) is 6.99. The minimum absolute atomic E-state index is 0.0588. The molecule has 0 saturated heterocycles. The normalized spacial score (nSPS) is 26.1. The van der Waals surface area contributed by atoms with Gasteiger partial charge in [0.25, 0.3) is 0 Å². The van der Waals surface area contributed by atoms with Crippen LogP contribution in [-0.4, -0.2) is 16.7 Å². The van der Waals surface area contributed by atoms with Gasteiger partial charge in [-0.15, -0.1) is 0 Å². The molecule has 1 rings (SSSR count). The van der Waals surface area contributed by atoms with Crippen LogP contribution in [0.4, 0.5) is 0 Å². The van der Waals surface area contributed by atoms with Crippen molar-refractivity contribution in [3.63, 3.8) is 0 Å². The first-order valence-electron chi connectivity index (χ1n) is 4.07. The molecule has 4 heteroatoms. The Morgan fingerprint density at radius 1 is 1.73 bits per heavy atom. The Bertz CT molecular complexity index is 177. The SMILES string of the molecule is CCC(C)OP(=O)(O)C1CC1. The fourth-order valence-corrected chi connectivity index (χ4v) is 2.46. The minimum Gasteiger partial charge on any atom is -0.324 e. The molecule has 1 aliphatic carbocycles. The average Bonchev–Trinajstić information content (AvgIpc) is 2.66. The van der Waals surface area contributed by atoms with E-state index in [2.05, 4.69) is 0 Å². The van der Waals surface area contributed by atoms with Gasteiger partial charge in [-0.1, -0.05) is 6.92 Å². The molecule has 2 unspecified atom stereocenters. The highest BCUT2D eigenvalue weighted by Crippen LogP contribution is 2.59. The molecule has 1 saturated carbocycles. The molecule has 0 aromatic rings. The topological polar surface area (TPSA) is 46.5 Å². The van der Waals surface area contributed by atoms with Crippen LogP contribution in [0, 0.1) is 0 Å². The molecule has 11 heavy (non-hydrogen) atoms. The van der Waals surface area contributed by atoms with E-state index >= 15 is 0 Å². The molecule has 0 amide bonds. The zero-order valence-corrected chi connectivity index (χ0v) is 7.88. The van der Waals surface area contributed by atoms with Crippen molar-refractivity contribution in [1.82, 2.24) is 0 Å². The maximum absolute atomic E-state index is 11.3. The summed E-state index contributed by atoms with van der Waals surface area (Å²) in [7, 11) is -3.23. The molecule has 0 bridgehead atoms. The van der Waals surface area contributed by atoms with Crippen molar-refractivity contribution in [1.29, 1.82) is 0 Å². The highest BCUT2D eigenvalue weighted by atomic mass is 31.2. The van der Waals surface area contributed by atoms with E-state index in [9.17, 15) is 9.46 Å². The lowest BCUT2D eigenvalue weighted by atomic mass is 10.3. The molecule has 0 spiro atoms. The first kappa shape index (κ1) is 9.24. The Kier molecular flexibility index (Phi) is 2.74. The van der Waals surface area contributed by atoms with Crippen LogP contribution in [0.25, 0.3) is 0 Å². The fourth-order valence-electron chi connectivity index (χ4n) is 0.819. The monoisotopic (exact) mass is 178 g/mol. The Morgan fingerprint density at radius 3 is 2.64 bits per heavy atom. The third-order valence-electron chi connectivity index (χ3n) is 1.91.